The van der Waals surface area contributed by atoms with Gasteiger partial charge >= 0.3 is 6.09 Å². The van der Waals surface area contributed by atoms with E-state index in [9.17, 15) is 9.59 Å². The summed E-state index contributed by atoms with van der Waals surface area (Å²) < 4.78 is 5.56. The molecule has 0 spiro atoms. The maximum Gasteiger partial charge on any atom is 0.410 e. The van der Waals surface area contributed by atoms with Gasteiger partial charge in [-0.05, 0) is 76.8 Å². The number of carbonyl (C=O) groups is 2. The summed E-state index contributed by atoms with van der Waals surface area (Å²) in [5.41, 5.74) is 3.38. The molecular formula is C25H32N4O3S. The zero-order valence-corrected chi connectivity index (χ0v) is 21.0. The lowest BCUT2D eigenvalue weighted by Crippen LogP contribution is -2.38. The molecule has 0 saturated heterocycles. The number of amides is 2. The molecule has 3 aromatic rings. The van der Waals surface area contributed by atoms with Gasteiger partial charge in [-0.1, -0.05) is 6.07 Å². The highest BCUT2D eigenvalue weighted by molar-refractivity contribution is 7.20. The minimum Gasteiger partial charge on any atom is -0.444 e. The van der Waals surface area contributed by atoms with Crippen molar-refractivity contribution in [3.8, 4) is 0 Å². The summed E-state index contributed by atoms with van der Waals surface area (Å²) in [6.07, 6.45) is 3.66. The molecule has 33 heavy (non-hydrogen) atoms. The Kier molecular flexibility index (Phi) is 7.68. The van der Waals surface area contributed by atoms with Crippen molar-refractivity contribution in [1.29, 1.82) is 0 Å². The molecule has 0 atom stereocenters. The molecule has 3 heterocycles. The second-order valence-corrected chi connectivity index (χ2v) is 10.2. The first-order chi connectivity index (χ1) is 15.5. The van der Waals surface area contributed by atoms with Gasteiger partial charge in [0, 0.05) is 36.6 Å². The molecule has 0 aromatic carbocycles. The monoisotopic (exact) mass is 468 g/mol. The third kappa shape index (κ3) is 6.51. The molecule has 8 heteroatoms. The Morgan fingerprint density at radius 3 is 2.64 bits per heavy atom. The van der Waals surface area contributed by atoms with Crippen molar-refractivity contribution in [3.63, 3.8) is 0 Å². The van der Waals surface area contributed by atoms with Crippen LogP contribution in [-0.4, -0.2) is 45.6 Å². The highest BCUT2D eigenvalue weighted by Gasteiger charge is 2.23. The van der Waals surface area contributed by atoms with Crippen molar-refractivity contribution in [3.05, 3.63) is 57.9 Å². The van der Waals surface area contributed by atoms with Crippen molar-refractivity contribution < 1.29 is 14.3 Å². The first-order valence-electron chi connectivity index (χ1n) is 11.1. The van der Waals surface area contributed by atoms with E-state index >= 15 is 0 Å². The number of hydrogen-bond acceptors (Lipinski definition) is 6. The van der Waals surface area contributed by atoms with E-state index in [4.69, 9.17) is 4.74 Å². The topological polar surface area (TPSA) is 84.4 Å². The lowest BCUT2D eigenvalue weighted by Gasteiger charge is -2.27. The number of fused-ring (bicyclic) bond motifs is 1. The van der Waals surface area contributed by atoms with Crippen molar-refractivity contribution in [2.24, 2.45) is 0 Å². The number of nitrogens with one attached hydrogen (secondary N) is 1. The molecule has 0 aliphatic rings. The minimum atomic E-state index is -0.582. The molecule has 1 N–H and O–H groups in total. The second-order valence-electron chi connectivity index (χ2n) is 9.19. The van der Waals surface area contributed by atoms with E-state index in [0.717, 1.165) is 32.6 Å². The predicted octanol–water partition coefficient (Wildman–Crippen LogP) is 5.17. The Morgan fingerprint density at radius 1 is 1.21 bits per heavy atom. The average molecular weight is 469 g/mol. The van der Waals surface area contributed by atoms with Gasteiger partial charge in [0.05, 0.1) is 11.4 Å². The molecule has 3 rings (SSSR count). The van der Waals surface area contributed by atoms with Crippen LogP contribution in [0.2, 0.25) is 0 Å². The lowest BCUT2D eigenvalue weighted by molar-refractivity contribution is 0.0232. The van der Waals surface area contributed by atoms with Crippen molar-refractivity contribution in [1.82, 2.24) is 20.2 Å². The van der Waals surface area contributed by atoms with Gasteiger partial charge in [-0.3, -0.25) is 9.78 Å². The maximum absolute atomic E-state index is 12.8. The maximum atomic E-state index is 12.8. The van der Waals surface area contributed by atoms with E-state index in [2.05, 4.69) is 15.3 Å². The SMILES string of the molecule is Cc1cc(C)c2c(C)c(C(=O)NCCCN(Cc3cccnc3)C(=O)OC(C)(C)C)sc2n1. The predicted molar refractivity (Wildman–Crippen MR) is 132 cm³/mol. The Balaban J connectivity index is 1.62. The largest absolute Gasteiger partial charge is 0.444 e. The highest BCUT2D eigenvalue weighted by atomic mass is 32.1. The van der Waals surface area contributed by atoms with E-state index in [1.54, 1.807) is 17.3 Å². The van der Waals surface area contributed by atoms with Crippen LogP contribution in [0.3, 0.4) is 0 Å². The summed E-state index contributed by atoms with van der Waals surface area (Å²) in [5.74, 6) is -0.108. The van der Waals surface area contributed by atoms with Crippen LogP contribution in [0.4, 0.5) is 4.79 Å². The van der Waals surface area contributed by atoms with E-state index in [1.165, 1.54) is 11.3 Å². The Bertz CT molecular complexity index is 1140. The van der Waals surface area contributed by atoms with Crippen LogP contribution < -0.4 is 5.32 Å². The van der Waals surface area contributed by atoms with Gasteiger partial charge in [-0.2, -0.15) is 0 Å². The number of aryl methyl sites for hydroxylation is 3. The number of ether oxygens (including phenoxy) is 1. The van der Waals surface area contributed by atoms with Gasteiger partial charge in [0.15, 0.2) is 0 Å². The molecule has 7 nitrogen and oxygen atoms in total. The van der Waals surface area contributed by atoms with Gasteiger partial charge in [-0.25, -0.2) is 9.78 Å². The lowest BCUT2D eigenvalue weighted by atomic mass is 10.1. The normalized spacial score (nSPS) is 11.5. The van der Waals surface area contributed by atoms with Gasteiger partial charge in [-0.15, -0.1) is 11.3 Å². The van der Waals surface area contributed by atoms with Gasteiger partial charge in [0.1, 0.15) is 10.4 Å². The summed E-state index contributed by atoms with van der Waals surface area (Å²) in [4.78, 5) is 37.5. The zero-order chi connectivity index (χ0) is 24.2. The fraction of sp³-hybridized carbons (Fsp3) is 0.440. The Morgan fingerprint density at radius 2 is 1.97 bits per heavy atom. The molecule has 0 aliphatic heterocycles. The van der Waals surface area contributed by atoms with Gasteiger partial charge < -0.3 is 15.0 Å². The molecule has 0 aliphatic carbocycles. The van der Waals surface area contributed by atoms with Crippen LogP contribution >= 0.6 is 11.3 Å². The molecule has 0 radical (unpaired) electrons. The summed E-state index contributed by atoms with van der Waals surface area (Å²) in [6.45, 7) is 12.8. The number of rotatable bonds is 7. The van der Waals surface area contributed by atoms with Crippen molar-refractivity contribution >= 4 is 33.6 Å². The standard InChI is InChI=1S/C25H32N4O3S/c1-16-13-17(2)28-23-20(16)18(3)21(33-23)22(30)27-11-8-12-29(24(31)32-25(4,5)6)15-19-9-7-10-26-14-19/h7,9-10,13-14H,8,11-12,15H2,1-6H3,(H,27,30). The third-order valence-corrected chi connectivity index (χ3v) is 6.25. The number of hydrogen-bond donors (Lipinski definition) is 1. The first kappa shape index (κ1) is 24.6. The van der Waals surface area contributed by atoms with Crippen LogP contribution in [-0.2, 0) is 11.3 Å². The molecule has 0 fully saturated rings. The molecule has 3 aromatic heterocycles. The fourth-order valence-corrected chi connectivity index (χ4v) is 4.88. The van der Waals surface area contributed by atoms with E-state index in [-0.39, 0.29) is 12.0 Å². The van der Waals surface area contributed by atoms with Crippen LogP contribution in [0.15, 0.2) is 30.6 Å². The molecule has 0 saturated carbocycles. The van der Waals surface area contributed by atoms with Crippen molar-refractivity contribution in [2.45, 2.75) is 60.1 Å². The minimum absolute atomic E-state index is 0.108. The molecule has 0 bridgehead atoms. The van der Waals surface area contributed by atoms with Crippen LogP contribution in [0.1, 0.15) is 59.2 Å². The number of nitrogens with zero attached hydrogens (tertiary/aromatic N) is 3. The zero-order valence-electron chi connectivity index (χ0n) is 20.2. The Hall–Kier alpha value is -3.00. The number of aromatic nitrogens is 2. The fourth-order valence-electron chi connectivity index (χ4n) is 3.66. The molecule has 176 valence electrons. The van der Waals surface area contributed by atoms with E-state index in [1.807, 2.05) is 59.7 Å². The first-order valence-corrected chi connectivity index (χ1v) is 11.9. The number of pyridine rings is 2. The molecular weight excluding hydrogens is 436 g/mol. The number of carbonyl (C=O) groups excluding carboxylic acids is 2. The quantitative estimate of drug-likeness (QED) is 0.483. The average Bonchev–Trinajstić information content (AvgIpc) is 3.06. The second kappa shape index (κ2) is 10.3. The molecule has 0 unspecified atom stereocenters. The van der Waals surface area contributed by atoms with Crippen molar-refractivity contribution in [2.75, 3.05) is 13.1 Å². The molecule has 2 amide bonds. The summed E-state index contributed by atoms with van der Waals surface area (Å²) in [6, 6.07) is 5.81. The van der Waals surface area contributed by atoms with Crippen LogP contribution in [0.25, 0.3) is 10.2 Å². The summed E-state index contributed by atoms with van der Waals surface area (Å²) >= 11 is 1.42. The van der Waals surface area contributed by atoms with Gasteiger partial charge in [0.2, 0.25) is 0 Å². The Labute approximate surface area is 199 Å². The van der Waals surface area contributed by atoms with Gasteiger partial charge in [0.25, 0.3) is 5.91 Å². The summed E-state index contributed by atoms with van der Waals surface area (Å²) in [5, 5.41) is 4.05. The van der Waals surface area contributed by atoms with Crippen LogP contribution in [0, 0.1) is 20.8 Å². The third-order valence-electron chi connectivity index (χ3n) is 5.07. The summed E-state index contributed by atoms with van der Waals surface area (Å²) in [7, 11) is 0. The number of thiophene rings is 1. The van der Waals surface area contributed by atoms with Crippen LogP contribution in [0.5, 0.6) is 0 Å². The van der Waals surface area contributed by atoms with E-state index < -0.39 is 5.60 Å². The van der Waals surface area contributed by atoms with E-state index in [0.29, 0.717) is 30.9 Å². The smallest absolute Gasteiger partial charge is 0.410 e. The highest BCUT2D eigenvalue weighted by Crippen LogP contribution is 2.32.